The Kier molecular flexibility index (Phi) is 18.5. The fourth-order valence-electron chi connectivity index (χ4n) is 5.06. The van der Waals surface area contributed by atoms with Crippen molar-refractivity contribution in [3.05, 3.63) is 65.2 Å². The third-order valence-electron chi connectivity index (χ3n) is 7.24. The van der Waals surface area contributed by atoms with Crippen molar-refractivity contribution < 1.29 is 50.1 Å². The van der Waals surface area contributed by atoms with Crippen LogP contribution in [0.2, 0.25) is 0 Å². The highest BCUT2D eigenvalue weighted by molar-refractivity contribution is 7.85. The Balaban J connectivity index is 2.09. The summed E-state index contributed by atoms with van der Waals surface area (Å²) in [5.41, 5.74) is -0.712. The van der Waals surface area contributed by atoms with Gasteiger partial charge in [0, 0.05) is 25.3 Å². The lowest BCUT2D eigenvalue weighted by Crippen LogP contribution is -2.39. The molecule has 302 valence electrons. The maximum absolute atomic E-state index is 13.9. The number of phosphoric ester groups is 1. The van der Waals surface area contributed by atoms with Gasteiger partial charge >= 0.3 is 13.9 Å². The van der Waals surface area contributed by atoms with E-state index in [0.717, 1.165) is 51.4 Å². The number of benzene rings is 2. The van der Waals surface area contributed by atoms with E-state index in [4.69, 9.17) is 27.2 Å². The lowest BCUT2D eigenvalue weighted by atomic mass is 10.0. The van der Waals surface area contributed by atoms with Gasteiger partial charge in [-0.1, -0.05) is 49.2 Å². The number of carbonyl (C=O) groups excluding carboxylic acids is 1. The Morgan fingerprint density at radius 3 is 1.96 bits per heavy atom. The van der Waals surface area contributed by atoms with Gasteiger partial charge in [-0.05, 0) is 118 Å². The maximum atomic E-state index is 13.9. The van der Waals surface area contributed by atoms with E-state index in [2.05, 4.69) is 24.3 Å². The third-order valence-corrected chi connectivity index (χ3v) is 9.75. The molecule has 0 heterocycles. The molecule has 0 fully saturated rings. The summed E-state index contributed by atoms with van der Waals surface area (Å²) in [6.07, 6.45) is 5.71. The van der Waals surface area contributed by atoms with Crippen LogP contribution >= 0.6 is 7.82 Å². The van der Waals surface area contributed by atoms with E-state index in [1.165, 1.54) is 28.7 Å². The monoisotopic (exact) mass is 785 g/mol. The molecule has 0 aliphatic rings. The number of rotatable bonds is 22. The molecule has 0 aliphatic carbocycles. The number of hydrogen-bond donors (Lipinski definition) is 1. The number of nitrogens with zero attached hydrogens (tertiary/aromatic N) is 1. The largest absolute Gasteiger partial charge is 0.531 e. The molecule has 0 saturated carbocycles. The molecular formula is C39H64NO11PS. The van der Waals surface area contributed by atoms with Gasteiger partial charge in [0.05, 0.1) is 36.7 Å². The van der Waals surface area contributed by atoms with Crippen LogP contribution in [0.5, 0.6) is 5.75 Å². The van der Waals surface area contributed by atoms with Crippen LogP contribution in [0.25, 0.3) is 0 Å². The van der Waals surface area contributed by atoms with Crippen LogP contribution in [0, 0.1) is 0 Å². The zero-order chi connectivity index (χ0) is 39.9. The minimum absolute atomic E-state index is 0.0124. The molecule has 53 heavy (non-hydrogen) atoms. The SMILES string of the molecule is CC(C)(C)OC(=O)N(CCCCCCOCCCCc1ccccc1)C[C@@H](O)c1ccc(OP(=O)(OC(C)(C)C)OC(C)(C)C)c(COS(C)(=O)=O)c1. The molecule has 0 bridgehead atoms. The number of aliphatic hydroxyl groups is 1. The summed E-state index contributed by atoms with van der Waals surface area (Å²) in [5, 5.41) is 11.4. The Labute approximate surface area is 318 Å². The molecule has 0 radical (unpaired) electrons. The standard InChI is InChI=1S/C39H64NO11PS/c1-37(2,3)48-36(42)40(25-17-11-12-18-26-46-27-19-16-22-31-20-14-13-15-21-31)29-34(41)32-23-24-35(33(28-32)30-47-53(10,44)45)49-52(43,50-38(4,5)6)51-39(7,8)9/h13-15,20-21,23-24,28,34,41H,11-12,16-19,22,25-27,29-30H2,1-10H3/t34-/m1/s1. The fourth-order valence-corrected chi connectivity index (χ4v) is 7.28. The van der Waals surface area contributed by atoms with E-state index >= 15 is 0 Å². The number of phosphoric acid groups is 1. The highest BCUT2D eigenvalue weighted by atomic mass is 32.2. The highest BCUT2D eigenvalue weighted by Crippen LogP contribution is 2.55. The second-order valence-corrected chi connectivity index (χ2v) is 19.3. The Morgan fingerprint density at radius 2 is 1.40 bits per heavy atom. The predicted octanol–water partition coefficient (Wildman–Crippen LogP) is 9.15. The predicted molar refractivity (Wildman–Crippen MR) is 207 cm³/mol. The van der Waals surface area contributed by atoms with Crippen LogP contribution in [0.4, 0.5) is 4.79 Å². The average molecular weight is 786 g/mol. The average Bonchev–Trinajstić information content (AvgIpc) is 2.99. The summed E-state index contributed by atoms with van der Waals surface area (Å²) in [6.45, 7) is 16.7. The summed E-state index contributed by atoms with van der Waals surface area (Å²) >= 11 is 0. The molecule has 14 heteroatoms. The topological polar surface area (TPSA) is 147 Å². The van der Waals surface area contributed by atoms with Gasteiger partial charge in [-0.15, -0.1) is 0 Å². The van der Waals surface area contributed by atoms with Crippen molar-refractivity contribution in [3.63, 3.8) is 0 Å². The first kappa shape index (κ1) is 46.6. The molecule has 0 aliphatic heterocycles. The van der Waals surface area contributed by atoms with Crippen molar-refractivity contribution in [2.75, 3.05) is 32.6 Å². The number of hydrogen-bond acceptors (Lipinski definition) is 11. The molecule has 0 spiro atoms. The van der Waals surface area contributed by atoms with Gasteiger partial charge in [0.1, 0.15) is 11.4 Å². The van der Waals surface area contributed by atoms with Crippen molar-refractivity contribution in [2.24, 2.45) is 0 Å². The maximum Gasteiger partial charge on any atom is 0.531 e. The minimum Gasteiger partial charge on any atom is -0.444 e. The highest BCUT2D eigenvalue weighted by Gasteiger charge is 2.39. The molecule has 1 amide bonds. The first-order valence-electron chi connectivity index (χ1n) is 18.4. The quantitative estimate of drug-likeness (QED) is 0.0692. The van der Waals surface area contributed by atoms with Crippen LogP contribution in [0.1, 0.15) is 124 Å². The van der Waals surface area contributed by atoms with Crippen LogP contribution in [0.15, 0.2) is 48.5 Å². The molecule has 2 aromatic rings. The van der Waals surface area contributed by atoms with Crippen molar-refractivity contribution in [1.29, 1.82) is 0 Å². The van der Waals surface area contributed by atoms with Crippen molar-refractivity contribution in [3.8, 4) is 5.75 Å². The Hall–Kier alpha value is -2.51. The smallest absolute Gasteiger partial charge is 0.444 e. The van der Waals surface area contributed by atoms with E-state index in [-0.39, 0.29) is 17.9 Å². The van der Waals surface area contributed by atoms with Crippen molar-refractivity contribution in [2.45, 2.75) is 137 Å². The zero-order valence-corrected chi connectivity index (χ0v) is 35.2. The van der Waals surface area contributed by atoms with Crippen LogP contribution in [-0.4, -0.2) is 73.9 Å². The number of aliphatic hydroxyl groups excluding tert-OH is 1. The number of aryl methyl sites for hydroxylation is 1. The van der Waals surface area contributed by atoms with Gasteiger partial charge in [-0.2, -0.15) is 8.42 Å². The molecule has 1 atom stereocenters. The lowest BCUT2D eigenvalue weighted by Gasteiger charge is -2.31. The summed E-state index contributed by atoms with van der Waals surface area (Å²) in [4.78, 5) is 14.7. The van der Waals surface area contributed by atoms with Gasteiger partial charge < -0.3 is 24.0 Å². The summed E-state index contributed by atoms with van der Waals surface area (Å²) in [6, 6.07) is 14.9. The van der Waals surface area contributed by atoms with Gasteiger partial charge in [0.25, 0.3) is 10.1 Å². The molecule has 0 saturated heterocycles. The molecule has 2 rings (SSSR count). The van der Waals surface area contributed by atoms with Crippen LogP contribution in [0.3, 0.4) is 0 Å². The number of carbonyl (C=O) groups is 1. The van der Waals surface area contributed by atoms with E-state index in [9.17, 15) is 22.9 Å². The van der Waals surface area contributed by atoms with Crippen LogP contribution < -0.4 is 4.52 Å². The number of ether oxygens (including phenoxy) is 2. The lowest BCUT2D eigenvalue weighted by molar-refractivity contribution is 0.0137. The summed E-state index contributed by atoms with van der Waals surface area (Å²) < 4.78 is 71.6. The summed E-state index contributed by atoms with van der Waals surface area (Å²) in [7, 11) is -8.14. The van der Waals surface area contributed by atoms with Crippen molar-refractivity contribution in [1.82, 2.24) is 4.90 Å². The number of unbranched alkanes of at least 4 members (excludes halogenated alkanes) is 4. The Bertz CT molecular complexity index is 1530. The number of amides is 1. The van der Waals surface area contributed by atoms with Gasteiger partial charge in [0.2, 0.25) is 0 Å². The molecule has 0 aromatic heterocycles. The fraction of sp³-hybridized carbons (Fsp3) is 0.667. The second-order valence-electron chi connectivity index (χ2n) is 16.2. The van der Waals surface area contributed by atoms with Crippen LogP contribution in [-0.2, 0) is 50.4 Å². The molecular weight excluding hydrogens is 721 g/mol. The van der Waals surface area contributed by atoms with E-state index in [0.29, 0.717) is 25.1 Å². The van der Waals surface area contributed by atoms with E-state index < -0.39 is 53.5 Å². The first-order valence-corrected chi connectivity index (χ1v) is 21.7. The van der Waals surface area contributed by atoms with E-state index in [1.54, 1.807) is 62.3 Å². The van der Waals surface area contributed by atoms with E-state index in [1.807, 2.05) is 6.07 Å². The third kappa shape index (κ3) is 21.2. The van der Waals surface area contributed by atoms with Crippen molar-refractivity contribution >= 4 is 24.0 Å². The molecule has 1 N–H and O–H groups in total. The second kappa shape index (κ2) is 21.0. The van der Waals surface area contributed by atoms with Gasteiger partial charge in [-0.3, -0.25) is 13.2 Å². The molecule has 2 aromatic carbocycles. The zero-order valence-electron chi connectivity index (χ0n) is 33.5. The first-order chi connectivity index (χ1) is 24.4. The summed E-state index contributed by atoms with van der Waals surface area (Å²) in [5.74, 6) is -0.0124. The Morgan fingerprint density at radius 1 is 0.811 bits per heavy atom. The molecule has 12 nitrogen and oxygen atoms in total. The molecule has 0 unspecified atom stereocenters. The van der Waals surface area contributed by atoms with Gasteiger partial charge in [0.15, 0.2) is 0 Å². The normalized spacial score (nSPS) is 13.5. The minimum atomic E-state index is -4.26. The van der Waals surface area contributed by atoms with Gasteiger partial charge in [-0.25, -0.2) is 9.36 Å².